The van der Waals surface area contributed by atoms with E-state index >= 15 is 0 Å². The van der Waals surface area contributed by atoms with Crippen LogP contribution in [-0.2, 0) is 0 Å². The molecular formula is C14H24N2. The van der Waals surface area contributed by atoms with Crippen LogP contribution in [0.25, 0.3) is 0 Å². The Bertz CT molecular complexity index is 256. The van der Waals surface area contributed by atoms with Crippen molar-refractivity contribution >= 4 is 0 Å². The van der Waals surface area contributed by atoms with E-state index in [0.29, 0.717) is 6.04 Å². The lowest BCUT2D eigenvalue weighted by atomic mass is 9.97. The van der Waals surface area contributed by atoms with Crippen LogP contribution in [0.3, 0.4) is 0 Å². The maximum atomic E-state index is 5.46. The van der Waals surface area contributed by atoms with Gasteiger partial charge in [0.05, 0.1) is 0 Å². The highest BCUT2D eigenvalue weighted by Crippen LogP contribution is 2.23. The first-order chi connectivity index (χ1) is 7.85. The maximum absolute atomic E-state index is 5.46. The molecule has 2 rings (SSSR count). The molecule has 0 aromatic heterocycles. The van der Waals surface area contributed by atoms with Gasteiger partial charge in [-0.05, 0) is 25.8 Å². The standard InChI is InChI=1S/C14H24N2/c1-3-7-13(4-2)16-11-10-15-9-6-5-8-14(15)12-16/h1,13-14H,4-12H2,2H3. The highest BCUT2D eigenvalue weighted by atomic mass is 15.3. The third-order valence-corrected chi connectivity index (χ3v) is 4.21. The van der Waals surface area contributed by atoms with E-state index in [2.05, 4.69) is 22.6 Å². The van der Waals surface area contributed by atoms with Crippen LogP contribution < -0.4 is 0 Å². The summed E-state index contributed by atoms with van der Waals surface area (Å²) in [6.45, 7) is 7.31. The van der Waals surface area contributed by atoms with E-state index < -0.39 is 0 Å². The maximum Gasteiger partial charge on any atom is 0.0242 e. The second kappa shape index (κ2) is 5.70. The van der Waals surface area contributed by atoms with Crippen molar-refractivity contribution in [2.45, 2.75) is 51.1 Å². The monoisotopic (exact) mass is 220 g/mol. The molecule has 2 aliphatic heterocycles. The molecule has 0 saturated carbocycles. The van der Waals surface area contributed by atoms with Gasteiger partial charge in [0.2, 0.25) is 0 Å². The minimum Gasteiger partial charge on any atom is -0.298 e. The molecule has 0 radical (unpaired) electrons. The molecule has 0 amide bonds. The van der Waals surface area contributed by atoms with Crippen molar-refractivity contribution in [2.24, 2.45) is 0 Å². The van der Waals surface area contributed by atoms with Crippen LogP contribution in [-0.4, -0.2) is 48.1 Å². The van der Waals surface area contributed by atoms with E-state index in [9.17, 15) is 0 Å². The van der Waals surface area contributed by atoms with Gasteiger partial charge >= 0.3 is 0 Å². The minimum absolute atomic E-state index is 0.620. The molecule has 16 heavy (non-hydrogen) atoms. The number of hydrogen-bond donors (Lipinski definition) is 0. The van der Waals surface area contributed by atoms with Crippen LogP contribution in [0.4, 0.5) is 0 Å². The summed E-state index contributed by atoms with van der Waals surface area (Å²) in [6, 6.07) is 1.43. The number of fused-ring (bicyclic) bond motifs is 1. The van der Waals surface area contributed by atoms with Gasteiger partial charge in [0.1, 0.15) is 0 Å². The molecule has 0 spiro atoms. The summed E-state index contributed by atoms with van der Waals surface area (Å²) in [5.41, 5.74) is 0. The number of terminal acetylenes is 1. The highest BCUT2D eigenvalue weighted by Gasteiger charge is 2.31. The molecular weight excluding hydrogens is 196 g/mol. The summed E-state index contributed by atoms with van der Waals surface area (Å²) in [5, 5.41) is 0. The Morgan fingerprint density at radius 2 is 2.19 bits per heavy atom. The molecule has 2 nitrogen and oxygen atoms in total. The van der Waals surface area contributed by atoms with Crippen molar-refractivity contribution in [3.8, 4) is 12.3 Å². The normalized spacial score (nSPS) is 29.4. The van der Waals surface area contributed by atoms with Gasteiger partial charge in [-0.3, -0.25) is 9.80 Å². The first kappa shape index (κ1) is 12.0. The van der Waals surface area contributed by atoms with Crippen molar-refractivity contribution in [3.63, 3.8) is 0 Å². The number of nitrogens with zero attached hydrogens (tertiary/aromatic N) is 2. The lowest BCUT2D eigenvalue weighted by Gasteiger charge is -2.46. The predicted molar refractivity (Wildman–Crippen MR) is 68.3 cm³/mol. The van der Waals surface area contributed by atoms with Gasteiger partial charge in [-0.1, -0.05) is 13.3 Å². The minimum atomic E-state index is 0.620. The second-order valence-corrected chi connectivity index (χ2v) is 5.15. The molecule has 2 fully saturated rings. The van der Waals surface area contributed by atoms with Crippen LogP contribution in [0.1, 0.15) is 39.0 Å². The fraction of sp³-hybridized carbons (Fsp3) is 0.857. The second-order valence-electron chi connectivity index (χ2n) is 5.15. The topological polar surface area (TPSA) is 6.48 Å². The Morgan fingerprint density at radius 3 is 2.94 bits per heavy atom. The molecule has 0 aromatic rings. The Hall–Kier alpha value is -0.520. The van der Waals surface area contributed by atoms with E-state index in [1.807, 2.05) is 0 Å². The zero-order chi connectivity index (χ0) is 11.4. The first-order valence-corrected chi connectivity index (χ1v) is 6.76. The van der Waals surface area contributed by atoms with E-state index in [1.165, 1.54) is 51.9 Å². The van der Waals surface area contributed by atoms with Crippen molar-refractivity contribution in [2.75, 3.05) is 26.2 Å². The SMILES string of the molecule is C#CCC(CC)N1CCN2CCCCC2C1. The molecule has 0 aromatic carbocycles. The molecule has 0 aliphatic carbocycles. The zero-order valence-corrected chi connectivity index (χ0v) is 10.5. The first-order valence-electron chi connectivity index (χ1n) is 6.76. The molecule has 0 bridgehead atoms. The van der Waals surface area contributed by atoms with E-state index in [0.717, 1.165) is 12.5 Å². The number of hydrogen-bond acceptors (Lipinski definition) is 2. The summed E-state index contributed by atoms with van der Waals surface area (Å²) < 4.78 is 0. The lowest BCUT2D eigenvalue weighted by Crippen LogP contribution is -2.57. The van der Waals surface area contributed by atoms with E-state index in [-0.39, 0.29) is 0 Å². The van der Waals surface area contributed by atoms with Crippen LogP contribution in [0, 0.1) is 12.3 Å². The van der Waals surface area contributed by atoms with Crippen LogP contribution >= 0.6 is 0 Å². The number of rotatable bonds is 3. The lowest BCUT2D eigenvalue weighted by molar-refractivity contribution is 0.0274. The van der Waals surface area contributed by atoms with Crippen LogP contribution in [0.2, 0.25) is 0 Å². The third-order valence-electron chi connectivity index (χ3n) is 4.21. The molecule has 2 heteroatoms. The quantitative estimate of drug-likeness (QED) is 0.671. The van der Waals surface area contributed by atoms with Gasteiger partial charge in [0, 0.05) is 38.1 Å². The van der Waals surface area contributed by atoms with E-state index in [1.54, 1.807) is 0 Å². The highest BCUT2D eigenvalue weighted by molar-refractivity contribution is 4.93. The molecule has 2 saturated heterocycles. The average Bonchev–Trinajstić information content (AvgIpc) is 2.35. The summed E-state index contributed by atoms with van der Waals surface area (Å²) >= 11 is 0. The molecule has 2 unspecified atom stereocenters. The predicted octanol–water partition coefficient (Wildman–Crippen LogP) is 1.96. The molecule has 90 valence electrons. The van der Waals surface area contributed by atoms with Crippen molar-refractivity contribution < 1.29 is 0 Å². The Labute approximate surface area is 100.0 Å². The van der Waals surface area contributed by atoms with Gasteiger partial charge in [-0.25, -0.2) is 0 Å². The zero-order valence-electron chi connectivity index (χ0n) is 10.5. The summed E-state index contributed by atoms with van der Waals surface area (Å²) in [4.78, 5) is 5.31. The van der Waals surface area contributed by atoms with Crippen LogP contribution in [0.15, 0.2) is 0 Å². The number of piperidine rings is 1. The van der Waals surface area contributed by atoms with Gasteiger partial charge in [0.15, 0.2) is 0 Å². The Kier molecular flexibility index (Phi) is 4.26. The van der Waals surface area contributed by atoms with Gasteiger partial charge < -0.3 is 0 Å². The van der Waals surface area contributed by atoms with Gasteiger partial charge in [-0.15, -0.1) is 12.3 Å². The number of piperazine rings is 1. The summed E-state index contributed by atoms with van der Waals surface area (Å²) in [5.74, 6) is 2.83. The van der Waals surface area contributed by atoms with Crippen molar-refractivity contribution in [1.82, 2.24) is 9.80 Å². The smallest absolute Gasteiger partial charge is 0.0242 e. The fourth-order valence-corrected chi connectivity index (χ4v) is 3.18. The van der Waals surface area contributed by atoms with Crippen molar-refractivity contribution in [1.29, 1.82) is 0 Å². The molecule has 2 atom stereocenters. The largest absolute Gasteiger partial charge is 0.298 e. The summed E-state index contributed by atoms with van der Waals surface area (Å²) in [7, 11) is 0. The average molecular weight is 220 g/mol. The van der Waals surface area contributed by atoms with E-state index in [4.69, 9.17) is 6.42 Å². The van der Waals surface area contributed by atoms with Gasteiger partial charge in [-0.2, -0.15) is 0 Å². The Balaban J connectivity index is 1.91. The summed E-state index contributed by atoms with van der Waals surface area (Å²) in [6.07, 6.45) is 11.8. The van der Waals surface area contributed by atoms with Gasteiger partial charge in [0.25, 0.3) is 0 Å². The third kappa shape index (κ3) is 2.59. The van der Waals surface area contributed by atoms with Crippen LogP contribution in [0.5, 0.6) is 0 Å². The molecule has 2 heterocycles. The Morgan fingerprint density at radius 1 is 1.31 bits per heavy atom. The fourth-order valence-electron chi connectivity index (χ4n) is 3.18. The molecule has 0 N–H and O–H groups in total. The molecule has 2 aliphatic rings. The van der Waals surface area contributed by atoms with Crippen molar-refractivity contribution in [3.05, 3.63) is 0 Å².